The standard InChI is InChI=1S/C18H15N3S/c1-2-11-21-17-10-6-5-9-16(17)20-18(21)22-13-15-8-4-3-7-14(15)12-19/h2-10H,1,11,13H2. The summed E-state index contributed by atoms with van der Waals surface area (Å²) in [6.07, 6.45) is 1.88. The fourth-order valence-electron chi connectivity index (χ4n) is 2.37. The molecule has 0 spiro atoms. The van der Waals surface area contributed by atoms with Crippen molar-refractivity contribution in [2.24, 2.45) is 0 Å². The minimum absolute atomic E-state index is 0.724. The number of hydrogen-bond acceptors (Lipinski definition) is 3. The molecule has 0 bridgehead atoms. The predicted molar refractivity (Wildman–Crippen MR) is 90.6 cm³/mol. The average Bonchev–Trinajstić information content (AvgIpc) is 2.91. The number of thioether (sulfide) groups is 1. The Morgan fingerprint density at radius 3 is 2.77 bits per heavy atom. The maximum Gasteiger partial charge on any atom is 0.169 e. The van der Waals surface area contributed by atoms with Gasteiger partial charge in [-0.1, -0.05) is 48.2 Å². The highest BCUT2D eigenvalue weighted by atomic mass is 32.2. The summed E-state index contributed by atoms with van der Waals surface area (Å²) in [6.45, 7) is 4.55. The predicted octanol–water partition coefficient (Wildman–Crippen LogP) is 4.39. The fourth-order valence-corrected chi connectivity index (χ4v) is 3.39. The Morgan fingerprint density at radius 1 is 1.18 bits per heavy atom. The second-order valence-corrected chi connectivity index (χ2v) is 5.78. The number of benzene rings is 2. The number of fused-ring (bicyclic) bond motifs is 1. The maximum atomic E-state index is 9.18. The van der Waals surface area contributed by atoms with Gasteiger partial charge in [-0.15, -0.1) is 6.58 Å². The van der Waals surface area contributed by atoms with Gasteiger partial charge in [-0.25, -0.2) is 4.98 Å². The van der Waals surface area contributed by atoms with Crippen molar-refractivity contribution >= 4 is 22.8 Å². The van der Waals surface area contributed by atoms with E-state index < -0.39 is 0 Å². The Balaban J connectivity index is 1.92. The summed E-state index contributed by atoms with van der Waals surface area (Å²) in [7, 11) is 0. The molecule has 3 rings (SSSR count). The Hall–Kier alpha value is -2.51. The van der Waals surface area contributed by atoms with E-state index in [1.807, 2.05) is 48.5 Å². The van der Waals surface area contributed by atoms with Crippen molar-refractivity contribution < 1.29 is 0 Å². The molecule has 22 heavy (non-hydrogen) atoms. The summed E-state index contributed by atoms with van der Waals surface area (Å²) >= 11 is 1.65. The van der Waals surface area contributed by atoms with E-state index in [9.17, 15) is 5.26 Å². The smallest absolute Gasteiger partial charge is 0.169 e. The van der Waals surface area contributed by atoms with Crippen LogP contribution >= 0.6 is 11.8 Å². The molecule has 108 valence electrons. The Morgan fingerprint density at radius 2 is 1.95 bits per heavy atom. The van der Waals surface area contributed by atoms with E-state index in [4.69, 9.17) is 4.98 Å². The summed E-state index contributed by atoms with van der Waals surface area (Å²) in [5.41, 5.74) is 3.85. The zero-order chi connectivity index (χ0) is 15.4. The van der Waals surface area contributed by atoms with Crippen molar-refractivity contribution in [3.05, 3.63) is 72.3 Å². The first kappa shape index (κ1) is 14.4. The van der Waals surface area contributed by atoms with Gasteiger partial charge in [0.25, 0.3) is 0 Å². The third-order valence-corrected chi connectivity index (χ3v) is 4.45. The number of rotatable bonds is 5. The lowest BCUT2D eigenvalue weighted by Crippen LogP contribution is -1.97. The Labute approximate surface area is 133 Å². The van der Waals surface area contributed by atoms with Gasteiger partial charge in [0, 0.05) is 12.3 Å². The Bertz CT molecular complexity index is 858. The summed E-state index contributed by atoms with van der Waals surface area (Å²) in [5, 5.41) is 10.1. The molecule has 0 radical (unpaired) electrons. The highest BCUT2D eigenvalue weighted by Crippen LogP contribution is 2.27. The van der Waals surface area contributed by atoms with E-state index in [0.717, 1.165) is 39.6 Å². The molecule has 0 N–H and O–H groups in total. The van der Waals surface area contributed by atoms with Crippen molar-refractivity contribution in [1.82, 2.24) is 9.55 Å². The van der Waals surface area contributed by atoms with E-state index in [1.54, 1.807) is 11.8 Å². The molecular weight excluding hydrogens is 290 g/mol. The van der Waals surface area contributed by atoms with Crippen molar-refractivity contribution in [3.8, 4) is 6.07 Å². The third-order valence-electron chi connectivity index (χ3n) is 3.43. The maximum absolute atomic E-state index is 9.18. The van der Waals surface area contributed by atoms with Gasteiger partial charge in [0.05, 0.1) is 22.7 Å². The number of hydrogen-bond donors (Lipinski definition) is 0. The quantitative estimate of drug-likeness (QED) is 0.518. The van der Waals surface area contributed by atoms with Gasteiger partial charge in [0.15, 0.2) is 5.16 Å². The lowest BCUT2D eigenvalue weighted by atomic mass is 10.1. The lowest BCUT2D eigenvalue weighted by Gasteiger charge is -2.07. The van der Waals surface area contributed by atoms with Crippen LogP contribution in [-0.2, 0) is 12.3 Å². The van der Waals surface area contributed by atoms with E-state index >= 15 is 0 Å². The average molecular weight is 305 g/mol. The molecule has 0 amide bonds. The van der Waals surface area contributed by atoms with E-state index in [0.29, 0.717) is 0 Å². The molecule has 0 atom stereocenters. The molecule has 0 aliphatic carbocycles. The second kappa shape index (κ2) is 6.50. The van der Waals surface area contributed by atoms with Gasteiger partial charge in [-0.3, -0.25) is 0 Å². The van der Waals surface area contributed by atoms with Crippen LogP contribution in [0, 0.1) is 11.3 Å². The molecule has 0 saturated carbocycles. The van der Waals surface area contributed by atoms with Gasteiger partial charge in [-0.2, -0.15) is 5.26 Å². The molecule has 1 heterocycles. The zero-order valence-corrected chi connectivity index (χ0v) is 12.9. The highest BCUT2D eigenvalue weighted by molar-refractivity contribution is 7.98. The SMILES string of the molecule is C=CCn1c(SCc2ccccc2C#N)nc2ccccc21. The van der Waals surface area contributed by atoms with Crippen LogP contribution < -0.4 is 0 Å². The number of aromatic nitrogens is 2. The van der Waals surface area contributed by atoms with Crippen LogP contribution in [0.1, 0.15) is 11.1 Å². The van der Waals surface area contributed by atoms with Crippen molar-refractivity contribution in [2.45, 2.75) is 17.5 Å². The van der Waals surface area contributed by atoms with E-state index in [1.165, 1.54) is 0 Å². The first-order valence-corrected chi connectivity index (χ1v) is 7.99. The molecule has 3 nitrogen and oxygen atoms in total. The molecule has 0 fully saturated rings. The van der Waals surface area contributed by atoms with Crippen LogP contribution in [0.15, 0.2) is 66.3 Å². The van der Waals surface area contributed by atoms with Gasteiger partial charge in [-0.05, 0) is 23.8 Å². The van der Waals surface area contributed by atoms with Gasteiger partial charge >= 0.3 is 0 Å². The van der Waals surface area contributed by atoms with Gasteiger partial charge in [0.2, 0.25) is 0 Å². The van der Waals surface area contributed by atoms with Crippen LogP contribution in [0.4, 0.5) is 0 Å². The highest BCUT2D eigenvalue weighted by Gasteiger charge is 2.11. The van der Waals surface area contributed by atoms with Crippen LogP contribution in [0.5, 0.6) is 0 Å². The summed E-state index contributed by atoms with van der Waals surface area (Å²) in [5.74, 6) is 0.726. The minimum atomic E-state index is 0.724. The number of nitriles is 1. The fraction of sp³-hybridized carbons (Fsp3) is 0.111. The van der Waals surface area contributed by atoms with E-state index in [-0.39, 0.29) is 0 Å². The summed E-state index contributed by atoms with van der Waals surface area (Å²) in [6, 6.07) is 18.0. The normalized spacial score (nSPS) is 10.5. The molecule has 0 aliphatic rings. The molecule has 2 aromatic carbocycles. The molecule has 3 aromatic rings. The van der Waals surface area contributed by atoms with Crippen LogP contribution in [0.25, 0.3) is 11.0 Å². The zero-order valence-electron chi connectivity index (χ0n) is 12.1. The number of allylic oxidation sites excluding steroid dienone is 1. The molecule has 0 saturated heterocycles. The lowest BCUT2D eigenvalue weighted by molar-refractivity contribution is 0.748. The third kappa shape index (κ3) is 2.76. The van der Waals surface area contributed by atoms with Gasteiger partial charge < -0.3 is 4.57 Å². The first-order valence-electron chi connectivity index (χ1n) is 7.00. The van der Waals surface area contributed by atoms with Crippen LogP contribution in [-0.4, -0.2) is 9.55 Å². The monoisotopic (exact) mass is 305 g/mol. The largest absolute Gasteiger partial charge is 0.315 e. The number of nitrogens with zero attached hydrogens (tertiary/aromatic N) is 3. The molecular formula is C18H15N3S. The molecule has 0 unspecified atom stereocenters. The topological polar surface area (TPSA) is 41.6 Å². The van der Waals surface area contributed by atoms with Gasteiger partial charge in [0.1, 0.15) is 0 Å². The van der Waals surface area contributed by atoms with E-state index in [2.05, 4.69) is 23.3 Å². The van der Waals surface area contributed by atoms with Crippen molar-refractivity contribution in [3.63, 3.8) is 0 Å². The Kier molecular flexibility index (Phi) is 4.27. The first-order chi connectivity index (χ1) is 10.8. The number of imidazole rings is 1. The molecule has 4 heteroatoms. The minimum Gasteiger partial charge on any atom is -0.315 e. The van der Waals surface area contributed by atoms with Crippen molar-refractivity contribution in [2.75, 3.05) is 0 Å². The number of para-hydroxylation sites is 2. The molecule has 0 aliphatic heterocycles. The summed E-state index contributed by atoms with van der Waals surface area (Å²) in [4.78, 5) is 4.70. The second-order valence-electron chi connectivity index (χ2n) is 4.84. The van der Waals surface area contributed by atoms with Crippen molar-refractivity contribution in [1.29, 1.82) is 5.26 Å². The van der Waals surface area contributed by atoms with Crippen LogP contribution in [0.3, 0.4) is 0 Å². The molecule has 1 aromatic heterocycles. The van der Waals surface area contributed by atoms with Crippen LogP contribution in [0.2, 0.25) is 0 Å². The summed E-state index contributed by atoms with van der Waals surface area (Å²) < 4.78 is 2.15.